The summed E-state index contributed by atoms with van der Waals surface area (Å²) in [4.78, 5) is 8.90. The van der Waals surface area contributed by atoms with Crippen molar-refractivity contribution in [1.29, 1.82) is 5.26 Å². The first kappa shape index (κ1) is 25.9. The van der Waals surface area contributed by atoms with Crippen LogP contribution in [0.4, 0.5) is 18.9 Å². The summed E-state index contributed by atoms with van der Waals surface area (Å²) in [5.41, 5.74) is 8.81. The number of rotatable bonds is 3. The standard InChI is InChI=1S/C24H24N6.C2HF3O2/c1-16-24-21-6-5-19(18-7-10-26-11-8-18)14-22(21)23(9-12-30(24)29-28-16)27-20-4-2-3-17(13-20)15-25;3-2(4,5)1(6)7/h2-7,13-14,23,26-27H,8-12H2,1H3;(H,6,7). The number of hydrogen-bond acceptors (Lipinski definition) is 6. The molecule has 5 rings (SSSR count). The number of carboxylic acids is 1. The van der Waals surface area contributed by atoms with Crippen molar-refractivity contribution in [2.75, 3.05) is 18.4 Å². The minimum atomic E-state index is -5.08. The highest BCUT2D eigenvalue weighted by atomic mass is 19.4. The van der Waals surface area contributed by atoms with Crippen LogP contribution in [0.25, 0.3) is 16.8 Å². The molecule has 1 unspecified atom stereocenters. The Kier molecular flexibility index (Phi) is 7.59. The molecule has 0 amide bonds. The third-order valence-electron chi connectivity index (χ3n) is 6.22. The number of aryl methyl sites for hydroxylation is 2. The van der Waals surface area contributed by atoms with E-state index in [2.05, 4.69) is 51.3 Å². The van der Waals surface area contributed by atoms with Crippen molar-refractivity contribution in [3.63, 3.8) is 0 Å². The topological polar surface area (TPSA) is 116 Å². The van der Waals surface area contributed by atoms with Gasteiger partial charge in [0.15, 0.2) is 0 Å². The summed E-state index contributed by atoms with van der Waals surface area (Å²) in [5.74, 6) is -2.76. The van der Waals surface area contributed by atoms with E-state index in [4.69, 9.17) is 9.90 Å². The van der Waals surface area contributed by atoms with E-state index in [-0.39, 0.29) is 6.04 Å². The molecule has 1 aromatic heterocycles. The first-order valence-corrected chi connectivity index (χ1v) is 11.7. The van der Waals surface area contributed by atoms with Crippen molar-refractivity contribution in [2.24, 2.45) is 0 Å². The van der Waals surface area contributed by atoms with Gasteiger partial charge >= 0.3 is 12.1 Å². The molecule has 1 atom stereocenters. The highest BCUT2D eigenvalue weighted by Crippen LogP contribution is 2.38. The van der Waals surface area contributed by atoms with E-state index in [9.17, 15) is 18.4 Å². The van der Waals surface area contributed by atoms with Gasteiger partial charge in [-0.15, -0.1) is 5.10 Å². The van der Waals surface area contributed by atoms with Crippen molar-refractivity contribution in [3.8, 4) is 17.3 Å². The molecular formula is C26H25F3N6O2. The lowest BCUT2D eigenvalue weighted by atomic mass is 9.90. The maximum absolute atomic E-state index is 10.6. The van der Waals surface area contributed by atoms with Gasteiger partial charge in [-0.1, -0.05) is 29.5 Å². The van der Waals surface area contributed by atoms with E-state index in [0.29, 0.717) is 5.56 Å². The zero-order valence-electron chi connectivity index (χ0n) is 20.0. The minimum Gasteiger partial charge on any atom is -0.475 e. The molecule has 3 heterocycles. The fourth-order valence-electron chi connectivity index (χ4n) is 4.48. The second-order valence-electron chi connectivity index (χ2n) is 8.71. The number of halogens is 3. The molecule has 3 aromatic rings. The summed E-state index contributed by atoms with van der Waals surface area (Å²) < 4.78 is 33.8. The number of carboxylic acid groups (broad SMARTS) is 1. The van der Waals surface area contributed by atoms with Gasteiger partial charge in [0.25, 0.3) is 0 Å². The molecule has 2 aromatic carbocycles. The zero-order chi connectivity index (χ0) is 26.6. The van der Waals surface area contributed by atoms with Crippen LogP contribution in [0.2, 0.25) is 0 Å². The number of nitrogens with one attached hydrogen (secondary N) is 2. The van der Waals surface area contributed by atoms with Gasteiger partial charge in [-0.25, -0.2) is 9.48 Å². The normalized spacial score (nSPS) is 16.6. The molecule has 0 bridgehead atoms. The van der Waals surface area contributed by atoms with Crippen molar-refractivity contribution in [3.05, 3.63) is 70.9 Å². The van der Waals surface area contributed by atoms with Gasteiger partial charge < -0.3 is 15.7 Å². The van der Waals surface area contributed by atoms with Crippen LogP contribution in [0.1, 0.15) is 41.3 Å². The predicted octanol–water partition coefficient (Wildman–Crippen LogP) is 4.69. The lowest BCUT2D eigenvalue weighted by Gasteiger charge is -2.22. The maximum atomic E-state index is 10.6. The molecule has 11 heteroatoms. The van der Waals surface area contributed by atoms with Gasteiger partial charge in [0, 0.05) is 24.3 Å². The lowest BCUT2D eigenvalue weighted by Crippen LogP contribution is -2.21. The number of nitriles is 1. The number of benzene rings is 2. The highest BCUT2D eigenvalue weighted by molar-refractivity contribution is 5.75. The van der Waals surface area contributed by atoms with Crippen molar-refractivity contribution in [2.45, 2.75) is 38.5 Å². The maximum Gasteiger partial charge on any atom is 0.490 e. The van der Waals surface area contributed by atoms with Crippen molar-refractivity contribution in [1.82, 2.24) is 20.3 Å². The third kappa shape index (κ3) is 5.98. The molecular weight excluding hydrogens is 485 g/mol. The van der Waals surface area contributed by atoms with Gasteiger partial charge in [-0.2, -0.15) is 18.4 Å². The molecule has 0 saturated carbocycles. The quantitative estimate of drug-likeness (QED) is 0.468. The second kappa shape index (κ2) is 10.8. The molecule has 0 saturated heterocycles. The number of aliphatic carboxylic acids is 1. The largest absolute Gasteiger partial charge is 0.490 e. The molecule has 0 fully saturated rings. The molecule has 2 aliphatic rings. The number of nitrogens with zero attached hydrogens (tertiary/aromatic N) is 4. The van der Waals surface area contributed by atoms with Crippen LogP contribution < -0.4 is 10.6 Å². The van der Waals surface area contributed by atoms with Gasteiger partial charge in [0.05, 0.1) is 29.1 Å². The summed E-state index contributed by atoms with van der Waals surface area (Å²) in [6.07, 6.45) is -0.860. The Balaban J connectivity index is 0.000000405. The van der Waals surface area contributed by atoms with E-state index in [1.54, 1.807) is 0 Å². The average molecular weight is 511 g/mol. The SMILES string of the molecule is Cc1nnn2c1-c1ccc(C3=CCNCC3)cc1C(Nc1cccc(C#N)c1)CC2.O=C(O)C(F)(F)F. The predicted molar refractivity (Wildman–Crippen MR) is 131 cm³/mol. The number of aromatic nitrogens is 3. The molecule has 0 spiro atoms. The fraction of sp³-hybridized carbons (Fsp3) is 0.308. The summed E-state index contributed by atoms with van der Waals surface area (Å²) >= 11 is 0. The lowest BCUT2D eigenvalue weighted by molar-refractivity contribution is -0.192. The third-order valence-corrected chi connectivity index (χ3v) is 6.22. The van der Waals surface area contributed by atoms with E-state index in [1.807, 2.05) is 35.9 Å². The van der Waals surface area contributed by atoms with Crippen LogP contribution in [-0.4, -0.2) is 45.3 Å². The smallest absolute Gasteiger partial charge is 0.475 e. The van der Waals surface area contributed by atoms with Crippen LogP contribution in [0.5, 0.6) is 0 Å². The molecule has 37 heavy (non-hydrogen) atoms. The van der Waals surface area contributed by atoms with E-state index >= 15 is 0 Å². The number of hydrogen-bond donors (Lipinski definition) is 3. The van der Waals surface area contributed by atoms with Crippen LogP contribution in [0, 0.1) is 18.3 Å². The molecule has 8 nitrogen and oxygen atoms in total. The number of fused-ring (bicyclic) bond motifs is 3. The summed E-state index contributed by atoms with van der Waals surface area (Å²) in [7, 11) is 0. The fourth-order valence-corrected chi connectivity index (χ4v) is 4.48. The Labute approximate surface area is 211 Å². The zero-order valence-corrected chi connectivity index (χ0v) is 20.0. The molecule has 192 valence electrons. The number of alkyl halides is 3. The van der Waals surface area contributed by atoms with E-state index in [0.717, 1.165) is 49.6 Å². The van der Waals surface area contributed by atoms with Crippen LogP contribution in [-0.2, 0) is 11.3 Å². The van der Waals surface area contributed by atoms with Crippen molar-refractivity contribution < 1.29 is 23.1 Å². The van der Waals surface area contributed by atoms with E-state index < -0.39 is 12.1 Å². The summed E-state index contributed by atoms with van der Waals surface area (Å²) in [6, 6.07) is 16.8. The van der Waals surface area contributed by atoms with Crippen LogP contribution >= 0.6 is 0 Å². The molecule has 3 N–H and O–H groups in total. The monoisotopic (exact) mass is 510 g/mol. The average Bonchev–Trinajstić information content (AvgIpc) is 3.18. The summed E-state index contributed by atoms with van der Waals surface area (Å²) in [6.45, 7) is 4.75. The Morgan fingerprint density at radius 3 is 2.73 bits per heavy atom. The van der Waals surface area contributed by atoms with Crippen LogP contribution in [0.15, 0.2) is 48.5 Å². The van der Waals surface area contributed by atoms with Crippen LogP contribution in [0.3, 0.4) is 0 Å². The summed E-state index contributed by atoms with van der Waals surface area (Å²) in [5, 5.41) is 32.2. The minimum absolute atomic E-state index is 0.123. The van der Waals surface area contributed by atoms with Gasteiger partial charge in [0.1, 0.15) is 0 Å². The Bertz CT molecular complexity index is 1370. The number of anilines is 1. The first-order chi connectivity index (χ1) is 17.7. The second-order valence-corrected chi connectivity index (χ2v) is 8.71. The molecule has 2 aliphatic heterocycles. The van der Waals surface area contributed by atoms with Gasteiger partial charge in [0.2, 0.25) is 0 Å². The Morgan fingerprint density at radius 2 is 2.05 bits per heavy atom. The molecule has 0 aliphatic carbocycles. The van der Waals surface area contributed by atoms with Gasteiger partial charge in [-0.3, -0.25) is 0 Å². The Morgan fingerprint density at radius 1 is 1.27 bits per heavy atom. The first-order valence-electron chi connectivity index (χ1n) is 11.7. The highest BCUT2D eigenvalue weighted by Gasteiger charge is 2.38. The van der Waals surface area contributed by atoms with E-state index in [1.165, 1.54) is 22.3 Å². The van der Waals surface area contributed by atoms with Gasteiger partial charge in [-0.05, 0) is 67.3 Å². The molecule has 0 radical (unpaired) electrons. The Hall–Kier alpha value is -4.17. The number of carbonyl (C=O) groups is 1. The van der Waals surface area contributed by atoms with Crippen molar-refractivity contribution >= 4 is 17.2 Å².